The number of hydrogen-bond donors (Lipinski definition) is 1. The van der Waals surface area contributed by atoms with Crippen LogP contribution in [0.2, 0.25) is 0 Å². The Bertz CT molecular complexity index is 244. The van der Waals surface area contributed by atoms with E-state index >= 15 is 0 Å². The van der Waals surface area contributed by atoms with Gasteiger partial charge in [0.05, 0.1) is 6.42 Å². The predicted molar refractivity (Wildman–Crippen MR) is 70.4 cm³/mol. The second-order valence-corrected chi connectivity index (χ2v) is 6.74. The summed E-state index contributed by atoms with van der Waals surface area (Å²) in [4.78, 5) is 13.3. The smallest absolute Gasteiger partial charge is 0.304 e. The molecule has 2 saturated heterocycles. The lowest BCUT2D eigenvalue weighted by atomic mass is 10.1. The first-order valence-electron chi connectivity index (χ1n) is 5.90. The van der Waals surface area contributed by atoms with Crippen LogP contribution >= 0.6 is 23.5 Å². The van der Waals surface area contributed by atoms with Crippen LogP contribution in [0.5, 0.6) is 0 Å². The molecule has 0 bridgehead atoms. The summed E-state index contributed by atoms with van der Waals surface area (Å²) < 4.78 is 0. The van der Waals surface area contributed by atoms with Crippen molar-refractivity contribution in [1.29, 1.82) is 0 Å². The zero-order valence-electron chi connectivity index (χ0n) is 9.43. The van der Waals surface area contributed by atoms with Crippen LogP contribution < -0.4 is 0 Å². The molecule has 0 saturated carbocycles. The van der Waals surface area contributed by atoms with Crippen molar-refractivity contribution in [3.8, 4) is 0 Å². The second kappa shape index (κ2) is 6.17. The zero-order chi connectivity index (χ0) is 11.4. The summed E-state index contributed by atoms with van der Waals surface area (Å²) in [5, 5.41) is 8.94. The summed E-state index contributed by atoms with van der Waals surface area (Å²) in [6, 6.07) is 0.893. The summed E-state index contributed by atoms with van der Waals surface area (Å²) in [5.74, 6) is 3.98. The molecule has 5 heteroatoms. The van der Waals surface area contributed by atoms with E-state index in [1.54, 1.807) is 0 Å². The van der Waals surface area contributed by atoms with Gasteiger partial charge in [0.15, 0.2) is 0 Å². The van der Waals surface area contributed by atoms with Gasteiger partial charge in [-0.15, -0.1) is 0 Å². The predicted octanol–water partition coefficient (Wildman–Crippen LogP) is 1.77. The van der Waals surface area contributed by atoms with Crippen molar-refractivity contribution in [2.45, 2.75) is 31.3 Å². The Kier molecular flexibility index (Phi) is 4.85. The third kappa shape index (κ3) is 3.31. The summed E-state index contributed by atoms with van der Waals surface area (Å²) in [6.45, 7) is 1.08. The molecule has 0 aromatic heterocycles. The number of nitrogens with zero attached hydrogens (tertiary/aromatic N) is 1. The first kappa shape index (κ1) is 12.6. The van der Waals surface area contributed by atoms with Crippen molar-refractivity contribution in [2.24, 2.45) is 0 Å². The fourth-order valence-corrected chi connectivity index (χ4v) is 4.77. The molecule has 2 aliphatic heterocycles. The Morgan fingerprint density at radius 3 is 2.81 bits per heavy atom. The topological polar surface area (TPSA) is 40.5 Å². The Morgan fingerprint density at radius 1 is 1.31 bits per heavy atom. The fourth-order valence-electron chi connectivity index (χ4n) is 2.51. The van der Waals surface area contributed by atoms with Crippen molar-refractivity contribution >= 4 is 29.5 Å². The number of carboxylic acid groups (broad SMARTS) is 1. The summed E-state index contributed by atoms with van der Waals surface area (Å²) in [7, 11) is 0. The maximum atomic E-state index is 10.9. The molecule has 2 rings (SSSR count). The molecule has 92 valence electrons. The van der Waals surface area contributed by atoms with E-state index in [9.17, 15) is 4.79 Å². The zero-order valence-corrected chi connectivity index (χ0v) is 11.1. The molecule has 3 nitrogen and oxygen atoms in total. The third-order valence-electron chi connectivity index (χ3n) is 3.29. The number of rotatable bonds is 3. The number of carboxylic acids is 1. The van der Waals surface area contributed by atoms with Crippen LogP contribution in [0.3, 0.4) is 0 Å². The minimum atomic E-state index is -0.652. The highest BCUT2D eigenvalue weighted by molar-refractivity contribution is 7.99. The van der Waals surface area contributed by atoms with Gasteiger partial charge >= 0.3 is 5.97 Å². The average Bonchev–Trinajstić information content (AvgIpc) is 2.30. The number of aliphatic carboxylic acids is 1. The molecule has 16 heavy (non-hydrogen) atoms. The van der Waals surface area contributed by atoms with Gasteiger partial charge in [-0.3, -0.25) is 9.69 Å². The van der Waals surface area contributed by atoms with Crippen molar-refractivity contribution in [3.63, 3.8) is 0 Å². The highest BCUT2D eigenvalue weighted by atomic mass is 32.2. The van der Waals surface area contributed by atoms with Gasteiger partial charge in [-0.25, -0.2) is 0 Å². The molecule has 0 aromatic carbocycles. The van der Waals surface area contributed by atoms with Gasteiger partial charge in [0.2, 0.25) is 0 Å². The van der Waals surface area contributed by atoms with Gasteiger partial charge in [0.1, 0.15) is 0 Å². The molecule has 0 spiro atoms. The molecule has 0 aliphatic carbocycles. The summed E-state index contributed by atoms with van der Waals surface area (Å²) in [5.41, 5.74) is 0. The summed E-state index contributed by atoms with van der Waals surface area (Å²) in [6.07, 6.45) is 2.86. The molecule has 0 radical (unpaired) electrons. The standard InChI is InChI=1S/C11H19NO2S2/c13-11(14)6-10-8-16-5-3-12(10)9-2-1-4-15-7-9/h9-10H,1-8H2,(H,13,14). The highest BCUT2D eigenvalue weighted by Gasteiger charge is 2.31. The van der Waals surface area contributed by atoms with E-state index in [0.29, 0.717) is 12.5 Å². The van der Waals surface area contributed by atoms with Crippen LogP contribution in [0.25, 0.3) is 0 Å². The van der Waals surface area contributed by atoms with Crippen LogP contribution in [-0.2, 0) is 4.79 Å². The normalized spacial score (nSPS) is 32.5. The Morgan fingerprint density at radius 2 is 2.12 bits per heavy atom. The van der Waals surface area contributed by atoms with Crippen molar-refractivity contribution < 1.29 is 9.90 Å². The molecule has 2 heterocycles. The second-order valence-electron chi connectivity index (χ2n) is 4.44. The number of carbonyl (C=O) groups is 1. The molecule has 2 aliphatic rings. The van der Waals surface area contributed by atoms with E-state index in [-0.39, 0.29) is 6.04 Å². The van der Waals surface area contributed by atoms with Gasteiger partial charge < -0.3 is 5.11 Å². The summed E-state index contributed by atoms with van der Waals surface area (Å²) >= 11 is 3.92. The Balaban J connectivity index is 1.94. The van der Waals surface area contributed by atoms with Crippen LogP contribution in [-0.4, -0.2) is 57.6 Å². The van der Waals surface area contributed by atoms with E-state index in [1.807, 2.05) is 23.5 Å². The average molecular weight is 261 g/mol. The largest absolute Gasteiger partial charge is 0.481 e. The van der Waals surface area contributed by atoms with E-state index in [4.69, 9.17) is 5.11 Å². The maximum absolute atomic E-state index is 10.9. The molecule has 0 aromatic rings. The number of hydrogen-bond acceptors (Lipinski definition) is 4. The van der Waals surface area contributed by atoms with E-state index in [1.165, 1.54) is 24.3 Å². The Labute approximate surface area is 105 Å². The monoisotopic (exact) mass is 261 g/mol. The fraction of sp³-hybridized carbons (Fsp3) is 0.909. The van der Waals surface area contributed by atoms with Gasteiger partial charge in [-0.1, -0.05) is 0 Å². The molecule has 2 atom stereocenters. The van der Waals surface area contributed by atoms with Gasteiger partial charge in [0, 0.05) is 35.9 Å². The van der Waals surface area contributed by atoms with E-state index in [0.717, 1.165) is 18.1 Å². The molecule has 2 fully saturated rings. The lowest BCUT2D eigenvalue weighted by Gasteiger charge is -2.41. The molecule has 1 N–H and O–H groups in total. The first-order valence-corrected chi connectivity index (χ1v) is 8.21. The van der Waals surface area contributed by atoms with Gasteiger partial charge in [-0.2, -0.15) is 23.5 Å². The van der Waals surface area contributed by atoms with E-state index in [2.05, 4.69) is 4.90 Å². The SMILES string of the molecule is O=C(O)CC1CSCCN1C1CCCSC1. The molecular weight excluding hydrogens is 242 g/mol. The quantitative estimate of drug-likeness (QED) is 0.838. The highest BCUT2D eigenvalue weighted by Crippen LogP contribution is 2.28. The van der Waals surface area contributed by atoms with Gasteiger partial charge in [-0.05, 0) is 18.6 Å². The van der Waals surface area contributed by atoms with Crippen LogP contribution in [0.4, 0.5) is 0 Å². The van der Waals surface area contributed by atoms with Crippen molar-refractivity contribution in [3.05, 3.63) is 0 Å². The van der Waals surface area contributed by atoms with Crippen LogP contribution in [0.15, 0.2) is 0 Å². The third-order valence-corrected chi connectivity index (χ3v) is 5.58. The van der Waals surface area contributed by atoms with Crippen LogP contribution in [0, 0.1) is 0 Å². The van der Waals surface area contributed by atoms with E-state index < -0.39 is 5.97 Å². The molecular formula is C11H19NO2S2. The minimum Gasteiger partial charge on any atom is -0.481 e. The molecule has 2 unspecified atom stereocenters. The molecule has 0 amide bonds. The maximum Gasteiger partial charge on any atom is 0.304 e. The van der Waals surface area contributed by atoms with Crippen LogP contribution in [0.1, 0.15) is 19.3 Å². The minimum absolute atomic E-state index is 0.264. The van der Waals surface area contributed by atoms with Gasteiger partial charge in [0.25, 0.3) is 0 Å². The lowest BCUT2D eigenvalue weighted by molar-refractivity contribution is -0.138. The van der Waals surface area contributed by atoms with Crippen molar-refractivity contribution in [1.82, 2.24) is 4.90 Å². The number of thioether (sulfide) groups is 2. The Hall–Kier alpha value is 0.130. The van der Waals surface area contributed by atoms with Crippen molar-refractivity contribution in [2.75, 3.05) is 29.6 Å². The first-order chi connectivity index (χ1) is 7.77. The lowest BCUT2D eigenvalue weighted by Crippen LogP contribution is -2.51.